The van der Waals surface area contributed by atoms with Gasteiger partial charge in [0.2, 0.25) is 0 Å². The second kappa shape index (κ2) is 21.2. The Morgan fingerprint density at radius 1 is 0.880 bits per heavy atom. The van der Waals surface area contributed by atoms with Gasteiger partial charge in [-0.3, -0.25) is 29.4 Å². The molecule has 0 aliphatic rings. The molecule has 4 atom stereocenters. The first-order valence-corrected chi connectivity index (χ1v) is 16.5. The number of carbonyl (C=O) groups excluding carboxylic acids is 5. The second-order valence-corrected chi connectivity index (χ2v) is 11.6. The summed E-state index contributed by atoms with van der Waals surface area (Å²) in [6.07, 6.45) is -6.35. The Balaban J connectivity index is 2.21. The predicted octanol–water partition coefficient (Wildman–Crippen LogP) is 3.85. The molecule has 0 N–H and O–H groups in total. The lowest BCUT2D eigenvalue weighted by Gasteiger charge is -2.34. The smallest absolute Gasteiger partial charge is 0.410 e. The van der Waals surface area contributed by atoms with E-state index in [1.165, 1.54) is 22.6 Å². The molecule has 2 aromatic carbocycles. The van der Waals surface area contributed by atoms with E-state index in [2.05, 4.69) is 0 Å². The average molecular weight is 723 g/mol. The molecule has 0 aliphatic heterocycles. The van der Waals surface area contributed by atoms with E-state index in [1.54, 1.807) is 11.8 Å². The molecule has 274 valence electrons. The zero-order valence-corrected chi connectivity index (χ0v) is 29.5. The molecule has 3 unspecified atom stereocenters. The maximum absolute atomic E-state index is 12.7. The van der Waals surface area contributed by atoms with Crippen LogP contribution in [0.2, 0.25) is 0 Å². The minimum atomic E-state index is -1.70. The van der Waals surface area contributed by atoms with E-state index >= 15 is 0 Å². The maximum Gasteiger partial charge on any atom is 0.410 e. The summed E-state index contributed by atoms with van der Waals surface area (Å²) in [6.45, 7) is 4.34. The Hall–Kier alpha value is -4.90. The number of nitrogens with zero attached hydrogens (tertiary/aromatic N) is 2. The summed E-state index contributed by atoms with van der Waals surface area (Å²) in [4.78, 5) is 74.2. The highest BCUT2D eigenvalue weighted by Crippen LogP contribution is 2.30. The van der Waals surface area contributed by atoms with Crippen molar-refractivity contribution in [2.45, 2.75) is 65.1 Å². The van der Waals surface area contributed by atoms with E-state index in [9.17, 15) is 34.1 Å². The number of carbonyl (C=O) groups is 5. The first kappa shape index (κ1) is 41.3. The minimum absolute atomic E-state index is 0.272. The Morgan fingerprint density at radius 2 is 1.52 bits per heavy atom. The van der Waals surface area contributed by atoms with Crippen molar-refractivity contribution >= 4 is 47.4 Å². The van der Waals surface area contributed by atoms with Crippen LogP contribution in [0.1, 0.15) is 38.8 Å². The molecular weight excluding hydrogens is 680 g/mol. The highest BCUT2D eigenvalue weighted by molar-refractivity contribution is 7.99. The highest BCUT2D eigenvalue weighted by atomic mass is 32.2. The van der Waals surface area contributed by atoms with Gasteiger partial charge in [0.25, 0.3) is 0 Å². The summed E-state index contributed by atoms with van der Waals surface area (Å²) in [5, 5.41) is 12.0. The summed E-state index contributed by atoms with van der Waals surface area (Å²) >= 11 is 1.57. The van der Waals surface area contributed by atoms with Gasteiger partial charge in [0.15, 0.2) is 30.2 Å². The SMILES string of the molecule is CCN(CSCCc1ccccc1)C(=O)OCc1ccc(OC[C@@H](OC(C)=O)C(OC(C)=O)C(OC(C)=O)C(OC)C(=O)OC)c([N+](=O)[O-])c1. The van der Waals surface area contributed by atoms with Crippen LogP contribution in [0.5, 0.6) is 5.75 Å². The Labute approximate surface area is 293 Å². The van der Waals surface area contributed by atoms with Crippen LogP contribution in [0, 0.1) is 10.1 Å². The van der Waals surface area contributed by atoms with Crippen molar-refractivity contribution in [3.8, 4) is 5.75 Å². The van der Waals surface area contributed by atoms with Gasteiger partial charge in [-0.2, -0.15) is 0 Å². The number of hydrogen-bond donors (Lipinski definition) is 0. The molecule has 0 saturated heterocycles. The second-order valence-electron chi connectivity index (χ2n) is 10.5. The maximum atomic E-state index is 12.7. The zero-order valence-electron chi connectivity index (χ0n) is 28.7. The molecule has 17 heteroatoms. The van der Waals surface area contributed by atoms with Gasteiger partial charge in [-0.05, 0) is 36.3 Å². The van der Waals surface area contributed by atoms with Crippen molar-refractivity contribution in [1.29, 1.82) is 0 Å². The fourth-order valence-electron chi connectivity index (χ4n) is 4.54. The molecule has 0 heterocycles. The Kier molecular flexibility index (Phi) is 17.5. The fraction of sp³-hybridized carbons (Fsp3) is 0.485. The Bertz CT molecular complexity index is 1460. The molecule has 16 nitrogen and oxygen atoms in total. The van der Waals surface area contributed by atoms with Crippen LogP contribution >= 0.6 is 11.8 Å². The lowest BCUT2D eigenvalue weighted by Crippen LogP contribution is -2.55. The summed E-state index contributed by atoms with van der Waals surface area (Å²) < 4.78 is 36.9. The number of thioether (sulfide) groups is 1. The normalized spacial score (nSPS) is 13.1. The molecule has 2 rings (SSSR count). The average Bonchev–Trinajstić information content (AvgIpc) is 3.08. The number of aryl methyl sites for hydroxylation is 1. The van der Waals surface area contributed by atoms with Gasteiger partial charge in [-0.25, -0.2) is 9.59 Å². The summed E-state index contributed by atoms with van der Waals surface area (Å²) in [6, 6.07) is 13.8. The van der Waals surface area contributed by atoms with Crippen LogP contribution < -0.4 is 4.74 Å². The van der Waals surface area contributed by atoms with E-state index < -0.39 is 71.6 Å². The van der Waals surface area contributed by atoms with E-state index in [0.29, 0.717) is 12.4 Å². The molecule has 0 bridgehead atoms. The van der Waals surface area contributed by atoms with Crippen LogP contribution in [0.3, 0.4) is 0 Å². The number of ether oxygens (including phenoxy) is 7. The van der Waals surface area contributed by atoms with E-state index in [4.69, 9.17) is 33.2 Å². The lowest BCUT2D eigenvalue weighted by molar-refractivity contribution is -0.386. The van der Waals surface area contributed by atoms with E-state index in [0.717, 1.165) is 53.2 Å². The van der Waals surface area contributed by atoms with Crippen molar-refractivity contribution in [3.05, 3.63) is 69.8 Å². The fourth-order valence-corrected chi connectivity index (χ4v) is 5.55. The van der Waals surface area contributed by atoms with Crippen LogP contribution in [-0.4, -0.2) is 103 Å². The molecule has 1 amide bonds. The van der Waals surface area contributed by atoms with E-state index in [-0.39, 0.29) is 17.9 Å². The molecule has 0 aromatic heterocycles. The summed E-state index contributed by atoms with van der Waals surface area (Å²) in [5.41, 5.74) is 0.958. The number of rotatable bonds is 20. The number of amides is 1. The number of methoxy groups -OCH3 is 2. The van der Waals surface area contributed by atoms with Crippen LogP contribution in [0.25, 0.3) is 0 Å². The molecule has 0 saturated carbocycles. The number of hydrogen-bond acceptors (Lipinski definition) is 15. The largest absolute Gasteiger partial charge is 0.483 e. The van der Waals surface area contributed by atoms with Crippen LogP contribution in [0.15, 0.2) is 48.5 Å². The molecule has 2 aromatic rings. The number of nitro groups is 1. The van der Waals surface area contributed by atoms with Gasteiger partial charge >= 0.3 is 35.7 Å². The first-order chi connectivity index (χ1) is 23.8. The molecule has 0 fully saturated rings. The number of benzene rings is 2. The van der Waals surface area contributed by atoms with Crippen molar-refractivity contribution < 1.29 is 62.1 Å². The van der Waals surface area contributed by atoms with Gasteiger partial charge < -0.3 is 33.2 Å². The van der Waals surface area contributed by atoms with Crippen LogP contribution in [0.4, 0.5) is 10.5 Å². The quantitative estimate of drug-likeness (QED) is 0.0477. The van der Waals surface area contributed by atoms with Gasteiger partial charge in [-0.15, -0.1) is 11.8 Å². The van der Waals surface area contributed by atoms with Crippen molar-refractivity contribution in [2.24, 2.45) is 0 Å². The molecular formula is C33H42N2O14S. The summed E-state index contributed by atoms with van der Waals surface area (Å²) in [5.74, 6) is -2.80. The van der Waals surface area contributed by atoms with Crippen molar-refractivity contribution in [1.82, 2.24) is 4.90 Å². The van der Waals surface area contributed by atoms with Gasteiger partial charge in [0.1, 0.15) is 13.2 Å². The minimum Gasteiger partial charge on any atom is -0.483 e. The van der Waals surface area contributed by atoms with Gasteiger partial charge in [0.05, 0.1) is 17.9 Å². The van der Waals surface area contributed by atoms with Crippen LogP contribution in [-0.2, 0) is 60.6 Å². The lowest BCUT2D eigenvalue weighted by atomic mass is 10.0. The third-order valence-electron chi connectivity index (χ3n) is 6.85. The van der Waals surface area contributed by atoms with Gasteiger partial charge in [0, 0.05) is 40.5 Å². The van der Waals surface area contributed by atoms with E-state index in [1.807, 2.05) is 37.3 Å². The number of nitro benzene ring substituents is 1. The third kappa shape index (κ3) is 13.5. The van der Waals surface area contributed by atoms with Crippen molar-refractivity contribution in [3.63, 3.8) is 0 Å². The molecule has 0 radical (unpaired) electrons. The molecule has 50 heavy (non-hydrogen) atoms. The molecule has 0 aliphatic carbocycles. The highest BCUT2D eigenvalue weighted by Gasteiger charge is 2.46. The van der Waals surface area contributed by atoms with Gasteiger partial charge in [-0.1, -0.05) is 36.4 Å². The predicted molar refractivity (Wildman–Crippen MR) is 178 cm³/mol. The third-order valence-corrected chi connectivity index (χ3v) is 7.83. The summed E-state index contributed by atoms with van der Waals surface area (Å²) in [7, 11) is 2.15. The Morgan fingerprint density at radius 3 is 2.08 bits per heavy atom. The monoisotopic (exact) mass is 722 g/mol. The molecule has 0 spiro atoms. The number of esters is 4. The first-order valence-electron chi connectivity index (χ1n) is 15.4. The van der Waals surface area contributed by atoms with Crippen molar-refractivity contribution in [2.75, 3.05) is 39.0 Å². The topological polar surface area (TPSA) is 196 Å². The standard InChI is InChI=1S/C33H42N2O14S/c1-7-34(20-50-16-15-24-11-9-8-10-12-24)33(40)46-18-25-13-14-27(26(17-25)35(41)42)45-19-28(47-21(2)36)29(48-22(3)37)30(49-23(4)38)31(43-5)32(39)44-6/h8-14,17,28-31H,7,15-16,18-20H2,1-6H3/t28-,29?,30?,31?/m1/s1. The zero-order chi connectivity index (χ0) is 37.2.